The molecule has 14 heavy (non-hydrogen) atoms. The third-order valence-electron chi connectivity index (χ3n) is 1.99. The van der Waals surface area contributed by atoms with E-state index in [0.29, 0.717) is 29.1 Å². The Morgan fingerprint density at radius 2 is 2.07 bits per heavy atom. The number of hydrogen-bond donors (Lipinski definition) is 2. The second kappa shape index (κ2) is 6.22. The van der Waals surface area contributed by atoms with Gasteiger partial charge in [0.05, 0.1) is 0 Å². The van der Waals surface area contributed by atoms with E-state index in [1.54, 1.807) is 0 Å². The Kier molecular flexibility index (Phi) is 5.61. The van der Waals surface area contributed by atoms with Crippen LogP contribution in [-0.4, -0.2) is 42.8 Å². The van der Waals surface area contributed by atoms with Gasteiger partial charge in [-0.05, 0) is 35.1 Å². The molecule has 1 fully saturated rings. The number of rotatable bonds is 5. The molecule has 0 atom stereocenters. The van der Waals surface area contributed by atoms with E-state index in [-0.39, 0.29) is 0 Å². The van der Waals surface area contributed by atoms with Crippen LogP contribution >= 0.6 is 22.6 Å². The average molecular weight is 257 g/mol. The third kappa shape index (κ3) is 6.13. The van der Waals surface area contributed by atoms with Crippen molar-refractivity contribution in [1.82, 2.24) is 5.32 Å². The molecule has 84 valence electrons. The molecule has 0 aromatic carbocycles. The smallest absolute Gasteiger partial charge is 0.313 e. The zero-order valence-electron chi connectivity index (χ0n) is 7.81. The molecule has 0 unspecified atom stereocenters. The second-order valence-electron chi connectivity index (χ2n) is 3.09. The highest BCUT2D eigenvalue weighted by Gasteiger charge is 2.12. The fraction of sp³-hybridized carbons (Fsp3) is 1.00. The van der Waals surface area contributed by atoms with Crippen LogP contribution in [0.3, 0.4) is 0 Å². The summed E-state index contributed by atoms with van der Waals surface area (Å²) < 4.78 is 29.2. The highest BCUT2D eigenvalue weighted by molar-refractivity contribution is 8.69. The molecule has 0 aromatic rings. The first-order valence-electron chi connectivity index (χ1n) is 4.51. The predicted octanol–water partition coefficient (Wildman–Crippen LogP) is 1.01. The van der Waals surface area contributed by atoms with Crippen molar-refractivity contribution in [3.63, 3.8) is 0 Å². The van der Waals surface area contributed by atoms with Crippen molar-refractivity contribution in [3.8, 4) is 0 Å². The van der Waals surface area contributed by atoms with Crippen LogP contribution < -0.4 is 5.32 Å². The zero-order valence-corrected chi connectivity index (χ0v) is 10.3. The van der Waals surface area contributed by atoms with Crippen molar-refractivity contribution in [2.24, 2.45) is 0 Å². The molecule has 1 saturated heterocycles. The fourth-order valence-electron chi connectivity index (χ4n) is 1.31. The van der Waals surface area contributed by atoms with Gasteiger partial charge >= 0.3 is 9.15 Å². The van der Waals surface area contributed by atoms with E-state index >= 15 is 0 Å². The van der Waals surface area contributed by atoms with Crippen molar-refractivity contribution in [2.45, 2.75) is 18.9 Å². The topological polar surface area (TPSA) is 66.4 Å². The van der Waals surface area contributed by atoms with Crippen molar-refractivity contribution in [2.75, 3.05) is 23.8 Å². The largest absolute Gasteiger partial charge is 0.319 e. The Hall–Kier alpha value is 0.570. The lowest BCUT2D eigenvalue weighted by Crippen LogP contribution is -2.34. The molecule has 1 heterocycles. The quantitative estimate of drug-likeness (QED) is 0.435. The summed E-state index contributed by atoms with van der Waals surface area (Å²) in [5.74, 6) is 2.77. The Balaban J connectivity index is 2.03. The minimum atomic E-state index is -3.85. The monoisotopic (exact) mass is 257 g/mol. The van der Waals surface area contributed by atoms with E-state index in [4.69, 9.17) is 4.55 Å². The molecule has 7 heteroatoms. The third-order valence-corrected chi connectivity index (χ3v) is 5.10. The van der Waals surface area contributed by atoms with Crippen LogP contribution in [0.2, 0.25) is 0 Å². The van der Waals surface area contributed by atoms with Gasteiger partial charge in [0.15, 0.2) is 0 Å². The van der Waals surface area contributed by atoms with Crippen LogP contribution in [-0.2, 0) is 9.15 Å². The summed E-state index contributed by atoms with van der Waals surface area (Å²) in [5, 5.41) is 3.28. The van der Waals surface area contributed by atoms with Gasteiger partial charge in [-0.15, -0.1) is 0 Å². The molecule has 0 spiro atoms. The van der Waals surface area contributed by atoms with E-state index in [9.17, 15) is 8.42 Å². The standard InChI is InChI=1S/C7H15NO3S3/c9-14(10,11)13-6-3-8-7-1-4-12-5-2-7/h7-8H,1-6H2,(H,9,10,11). The van der Waals surface area contributed by atoms with E-state index in [1.807, 2.05) is 11.8 Å². The summed E-state index contributed by atoms with van der Waals surface area (Å²) in [6.45, 7) is 0.639. The normalized spacial score (nSPS) is 19.8. The average Bonchev–Trinajstić information content (AvgIpc) is 2.13. The SMILES string of the molecule is O=S(=O)(O)SCCNC1CCSCC1. The number of thioether (sulfide) groups is 1. The van der Waals surface area contributed by atoms with Crippen LogP contribution in [0, 0.1) is 0 Å². The minimum absolute atomic E-state index is 0.405. The maximum Gasteiger partial charge on any atom is 0.319 e. The van der Waals surface area contributed by atoms with Crippen LogP contribution in [0.15, 0.2) is 0 Å². The van der Waals surface area contributed by atoms with Crippen molar-refractivity contribution in [3.05, 3.63) is 0 Å². The molecule has 0 aromatic heterocycles. The molecular weight excluding hydrogens is 242 g/mol. The van der Waals surface area contributed by atoms with Gasteiger partial charge in [-0.3, -0.25) is 4.55 Å². The number of hydrogen-bond acceptors (Lipinski definition) is 5. The van der Waals surface area contributed by atoms with Gasteiger partial charge in [-0.2, -0.15) is 20.2 Å². The lowest BCUT2D eigenvalue weighted by Gasteiger charge is -2.22. The lowest BCUT2D eigenvalue weighted by atomic mass is 10.1. The van der Waals surface area contributed by atoms with E-state index in [1.165, 1.54) is 11.5 Å². The highest BCUT2D eigenvalue weighted by Crippen LogP contribution is 2.17. The van der Waals surface area contributed by atoms with Gasteiger partial charge < -0.3 is 5.32 Å². The van der Waals surface area contributed by atoms with E-state index < -0.39 is 9.15 Å². The van der Waals surface area contributed by atoms with E-state index in [2.05, 4.69) is 5.32 Å². The van der Waals surface area contributed by atoms with Gasteiger partial charge in [0, 0.05) is 18.3 Å². The predicted molar refractivity (Wildman–Crippen MR) is 62.4 cm³/mol. The van der Waals surface area contributed by atoms with Gasteiger partial charge in [0.25, 0.3) is 0 Å². The summed E-state index contributed by atoms with van der Waals surface area (Å²) >= 11 is 1.96. The molecule has 1 aliphatic heterocycles. The minimum Gasteiger partial charge on any atom is -0.313 e. The Labute approximate surface area is 92.7 Å². The molecule has 1 aliphatic rings. The van der Waals surface area contributed by atoms with Crippen LogP contribution in [0.5, 0.6) is 0 Å². The summed E-state index contributed by atoms with van der Waals surface area (Å²) in [6, 6.07) is 0.526. The van der Waals surface area contributed by atoms with Crippen molar-refractivity contribution in [1.29, 1.82) is 0 Å². The summed E-state index contributed by atoms with van der Waals surface area (Å²) in [7, 11) is -3.27. The molecular formula is C7H15NO3S3. The van der Waals surface area contributed by atoms with E-state index in [0.717, 1.165) is 12.8 Å². The van der Waals surface area contributed by atoms with Gasteiger partial charge in [-0.1, -0.05) is 0 Å². The molecule has 0 amide bonds. The first-order valence-corrected chi connectivity index (χ1v) is 8.60. The zero-order chi connectivity index (χ0) is 10.4. The molecule has 4 nitrogen and oxygen atoms in total. The first kappa shape index (κ1) is 12.6. The Morgan fingerprint density at radius 3 is 2.64 bits per heavy atom. The van der Waals surface area contributed by atoms with Gasteiger partial charge in [0.2, 0.25) is 0 Å². The molecule has 0 radical (unpaired) electrons. The maximum absolute atomic E-state index is 10.4. The molecule has 0 aliphatic carbocycles. The molecule has 2 N–H and O–H groups in total. The fourth-order valence-corrected chi connectivity index (χ4v) is 3.71. The van der Waals surface area contributed by atoms with Crippen LogP contribution in [0.1, 0.15) is 12.8 Å². The summed E-state index contributed by atoms with van der Waals surface area (Å²) in [5.41, 5.74) is 0. The number of nitrogens with one attached hydrogen (secondary N) is 1. The molecule has 0 saturated carbocycles. The maximum atomic E-state index is 10.4. The molecule has 0 bridgehead atoms. The first-order chi connectivity index (χ1) is 6.58. The van der Waals surface area contributed by atoms with Gasteiger partial charge in [0.1, 0.15) is 0 Å². The molecule has 1 rings (SSSR count). The Bertz CT molecular complexity index is 249. The lowest BCUT2D eigenvalue weighted by molar-refractivity contribution is 0.496. The van der Waals surface area contributed by atoms with Crippen molar-refractivity contribution >= 4 is 31.7 Å². The van der Waals surface area contributed by atoms with Crippen LogP contribution in [0.25, 0.3) is 0 Å². The Morgan fingerprint density at radius 1 is 1.43 bits per heavy atom. The summed E-state index contributed by atoms with van der Waals surface area (Å²) in [6.07, 6.45) is 2.31. The van der Waals surface area contributed by atoms with Gasteiger partial charge in [-0.25, -0.2) is 0 Å². The van der Waals surface area contributed by atoms with Crippen LogP contribution in [0.4, 0.5) is 0 Å². The second-order valence-corrected chi connectivity index (χ2v) is 7.79. The summed E-state index contributed by atoms with van der Waals surface area (Å²) in [4.78, 5) is 0. The van der Waals surface area contributed by atoms with Crippen molar-refractivity contribution < 1.29 is 13.0 Å². The highest BCUT2D eigenvalue weighted by atomic mass is 33.1.